The van der Waals surface area contributed by atoms with Crippen molar-refractivity contribution in [1.29, 1.82) is 0 Å². The first kappa shape index (κ1) is 16.9. The predicted molar refractivity (Wildman–Crippen MR) is 94.3 cm³/mol. The third-order valence-corrected chi connectivity index (χ3v) is 4.66. The minimum absolute atomic E-state index is 0.195. The molecule has 2 aromatic rings. The van der Waals surface area contributed by atoms with Crippen molar-refractivity contribution in [3.63, 3.8) is 0 Å². The van der Waals surface area contributed by atoms with Gasteiger partial charge in [0.25, 0.3) is 0 Å². The number of benzene rings is 2. The maximum absolute atomic E-state index is 12.1. The van der Waals surface area contributed by atoms with Gasteiger partial charge in [0.2, 0.25) is 5.91 Å². The molecule has 2 nitrogen and oxygen atoms in total. The summed E-state index contributed by atoms with van der Waals surface area (Å²) in [4.78, 5) is 15.1. The number of hydrogen-bond donors (Lipinski definition) is 0. The Morgan fingerprint density at radius 3 is 2.45 bits per heavy atom. The van der Waals surface area contributed by atoms with Crippen LogP contribution in [0.3, 0.4) is 0 Å². The van der Waals surface area contributed by atoms with Crippen LogP contribution in [0.1, 0.15) is 18.4 Å². The van der Waals surface area contributed by atoms with Crippen molar-refractivity contribution in [2.75, 3.05) is 12.8 Å². The van der Waals surface area contributed by atoms with Crippen molar-refractivity contribution in [3.8, 4) is 0 Å². The number of nitrogens with zero attached hydrogens (tertiary/aromatic N) is 1. The van der Waals surface area contributed by atoms with Crippen LogP contribution in [0, 0.1) is 0 Å². The molecule has 0 N–H and O–H groups in total. The summed E-state index contributed by atoms with van der Waals surface area (Å²) >= 11 is 7.61. The van der Waals surface area contributed by atoms with Crippen LogP contribution in [0.5, 0.6) is 0 Å². The summed E-state index contributed by atoms with van der Waals surface area (Å²) in [6.07, 6.45) is 1.47. The Balaban J connectivity index is 1.67. The third kappa shape index (κ3) is 5.74. The SMILES string of the molecule is CN(Cc1ccccc1)C(=O)CCCSc1ccc(Cl)cc1. The molecule has 0 unspecified atom stereocenters. The molecule has 0 saturated heterocycles. The van der Waals surface area contributed by atoms with Crippen LogP contribution in [0.15, 0.2) is 59.5 Å². The van der Waals surface area contributed by atoms with E-state index >= 15 is 0 Å². The Bertz CT molecular complexity index is 586. The maximum atomic E-state index is 12.1. The molecule has 0 saturated carbocycles. The molecule has 0 spiro atoms. The summed E-state index contributed by atoms with van der Waals surface area (Å²) < 4.78 is 0. The first-order valence-corrected chi connectivity index (χ1v) is 8.68. The Kier molecular flexibility index (Phi) is 6.81. The Hall–Kier alpha value is -1.45. The van der Waals surface area contributed by atoms with Crippen molar-refractivity contribution < 1.29 is 4.79 Å². The molecule has 0 bridgehead atoms. The van der Waals surface area contributed by atoms with Crippen LogP contribution in [0.25, 0.3) is 0 Å². The van der Waals surface area contributed by atoms with Gasteiger partial charge in [0.05, 0.1) is 0 Å². The van der Waals surface area contributed by atoms with E-state index in [0.29, 0.717) is 13.0 Å². The van der Waals surface area contributed by atoms with Crippen LogP contribution >= 0.6 is 23.4 Å². The zero-order valence-electron chi connectivity index (χ0n) is 12.7. The van der Waals surface area contributed by atoms with Gasteiger partial charge in [0.15, 0.2) is 0 Å². The Morgan fingerprint density at radius 2 is 1.77 bits per heavy atom. The fraction of sp³-hybridized carbons (Fsp3) is 0.278. The number of halogens is 1. The molecule has 2 rings (SSSR count). The quantitative estimate of drug-likeness (QED) is 0.532. The lowest BCUT2D eigenvalue weighted by molar-refractivity contribution is -0.130. The van der Waals surface area contributed by atoms with Gasteiger partial charge in [0.1, 0.15) is 0 Å². The highest BCUT2D eigenvalue weighted by molar-refractivity contribution is 7.99. The smallest absolute Gasteiger partial charge is 0.222 e. The van der Waals surface area contributed by atoms with E-state index in [4.69, 9.17) is 11.6 Å². The molecule has 0 aliphatic heterocycles. The monoisotopic (exact) mass is 333 g/mol. The van der Waals surface area contributed by atoms with Gasteiger partial charge in [-0.1, -0.05) is 41.9 Å². The molecule has 0 radical (unpaired) electrons. The van der Waals surface area contributed by atoms with Gasteiger partial charge < -0.3 is 4.90 Å². The summed E-state index contributed by atoms with van der Waals surface area (Å²) in [6, 6.07) is 17.9. The van der Waals surface area contributed by atoms with E-state index in [1.807, 2.05) is 61.6 Å². The normalized spacial score (nSPS) is 10.5. The number of hydrogen-bond acceptors (Lipinski definition) is 2. The molecule has 0 aliphatic carbocycles. The molecule has 2 aromatic carbocycles. The van der Waals surface area contributed by atoms with E-state index in [0.717, 1.165) is 22.8 Å². The van der Waals surface area contributed by atoms with Gasteiger partial charge in [-0.3, -0.25) is 4.79 Å². The molecule has 116 valence electrons. The third-order valence-electron chi connectivity index (χ3n) is 3.31. The van der Waals surface area contributed by atoms with Crippen molar-refractivity contribution in [1.82, 2.24) is 4.90 Å². The molecule has 0 aliphatic rings. The lowest BCUT2D eigenvalue weighted by Gasteiger charge is -2.17. The van der Waals surface area contributed by atoms with Gasteiger partial charge >= 0.3 is 0 Å². The van der Waals surface area contributed by atoms with E-state index in [2.05, 4.69) is 0 Å². The summed E-state index contributed by atoms with van der Waals surface area (Å²) in [6.45, 7) is 0.671. The highest BCUT2D eigenvalue weighted by Gasteiger charge is 2.08. The molecule has 0 aromatic heterocycles. The standard InChI is InChI=1S/C18H20ClNOS/c1-20(14-15-6-3-2-4-7-15)18(21)8-5-13-22-17-11-9-16(19)10-12-17/h2-4,6-7,9-12H,5,8,13-14H2,1H3. The second kappa shape index (κ2) is 8.86. The van der Waals surface area contributed by atoms with Crippen LogP contribution in [-0.4, -0.2) is 23.6 Å². The molecular weight excluding hydrogens is 314 g/mol. The molecule has 22 heavy (non-hydrogen) atoms. The number of carbonyl (C=O) groups excluding carboxylic acids is 1. The summed E-state index contributed by atoms with van der Waals surface area (Å²) in [5.74, 6) is 1.13. The zero-order chi connectivity index (χ0) is 15.8. The maximum Gasteiger partial charge on any atom is 0.222 e. The first-order valence-electron chi connectivity index (χ1n) is 7.31. The van der Waals surface area contributed by atoms with Gasteiger partial charge in [-0.15, -0.1) is 11.8 Å². The number of carbonyl (C=O) groups is 1. The topological polar surface area (TPSA) is 20.3 Å². The summed E-state index contributed by atoms with van der Waals surface area (Å²) in [7, 11) is 1.86. The van der Waals surface area contributed by atoms with Crippen molar-refractivity contribution in [2.45, 2.75) is 24.3 Å². The summed E-state index contributed by atoms with van der Waals surface area (Å²) in [5.41, 5.74) is 1.16. The van der Waals surface area contributed by atoms with Crippen molar-refractivity contribution in [2.24, 2.45) is 0 Å². The highest BCUT2D eigenvalue weighted by Crippen LogP contribution is 2.21. The zero-order valence-corrected chi connectivity index (χ0v) is 14.2. The van der Waals surface area contributed by atoms with Crippen LogP contribution in [0.4, 0.5) is 0 Å². The van der Waals surface area contributed by atoms with Crippen LogP contribution in [-0.2, 0) is 11.3 Å². The van der Waals surface area contributed by atoms with Crippen LogP contribution < -0.4 is 0 Å². The molecule has 4 heteroatoms. The predicted octanol–water partition coefficient (Wildman–Crippen LogP) is 4.87. The fourth-order valence-electron chi connectivity index (χ4n) is 2.08. The Morgan fingerprint density at radius 1 is 1.09 bits per heavy atom. The van der Waals surface area contributed by atoms with Gasteiger partial charge in [0, 0.05) is 29.9 Å². The number of amides is 1. The van der Waals surface area contributed by atoms with Crippen molar-refractivity contribution in [3.05, 3.63) is 65.2 Å². The first-order chi connectivity index (χ1) is 10.6. The number of thioether (sulfide) groups is 1. The van der Waals surface area contributed by atoms with Crippen molar-refractivity contribution >= 4 is 29.3 Å². The van der Waals surface area contributed by atoms with E-state index in [1.54, 1.807) is 16.7 Å². The van der Waals surface area contributed by atoms with E-state index in [9.17, 15) is 4.79 Å². The largest absolute Gasteiger partial charge is 0.341 e. The van der Waals surface area contributed by atoms with E-state index in [1.165, 1.54) is 4.90 Å². The lowest BCUT2D eigenvalue weighted by Crippen LogP contribution is -2.25. The highest BCUT2D eigenvalue weighted by atomic mass is 35.5. The van der Waals surface area contributed by atoms with Gasteiger partial charge in [-0.25, -0.2) is 0 Å². The molecule has 0 fully saturated rings. The molecule has 1 amide bonds. The van der Waals surface area contributed by atoms with Gasteiger partial charge in [-0.2, -0.15) is 0 Å². The average Bonchev–Trinajstić information content (AvgIpc) is 2.54. The second-order valence-corrected chi connectivity index (χ2v) is 6.75. The summed E-state index contributed by atoms with van der Waals surface area (Å²) in [5, 5.41) is 0.752. The van der Waals surface area contributed by atoms with E-state index in [-0.39, 0.29) is 5.91 Å². The Labute approximate surface area is 141 Å². The van der Waals surface area contributed by atoms with Crippen LogP contribution in [0.2, 0.25) is 5.02 Å². The molecule has 0 heterocycles. The second-order valence-electron chi connectivity index (χ2n) is 5.14. The van der Waals surface area contributed by atoms with Gasteiger partial charge in [-0.05, 0) is 42.0 Å². The molecule has 0 atom stereocenters. The lowest BCUT2D eigenvalue weighted by atomic mass is 10.2. The molecular formula is C18H20ClNOS. The minimum Gasteiger partial charge on any atom is -0.341 e. The minimum atomic E-state index is 0.195. The number of rotatable bonds is 7. The average molecular weight is 334 g/mol. The fourth-order valence-corrected chi connectivity index (χ4v) is 3.06. The van der Waals surface area contributed by atoms with E-state index < -0.39 is 0 Å².